The van der Waals surface area contributed by atoms with Crippen molar-refractivity contribution in [3.63, 3.8) is 0 Å². The van der Waals surface area contributed by atoms with Gasteiger partial charge in [-0.2, -0.15) is 5.21 Å². The molecule has 1 N–H and O–H groups in total. The Bertz CT molecular complexity index is 1360. The molecule has 0 spiro atoms. The van der Waals surface area contributed by atoms with Crippen molar-refractivity contribution in [2.75, 3.05) is 31.8 Å². The van der Waals surface area contributed by atoms with E-state index in [1.54, 1.807) is 0 Å². The van der Waals surface area contributed by atoms with Gasteiger partial charge < -0.3 is 14.2 Å². The molecule has 10 heteroatoms. The fourth-order valence-corrected chi connectivity index (χ4v) is 5.00. The number of ether oxygens (including phenoxy) is 1. The summed E-state index contributed by atoms with van der Waals surface area (Å²) in [7, 11) is 1.44. The fraction of sp³-hybridized carbons (Fsp3) is 0.393. The van der Waals surface area contributed by atoms with Gasteiger partial charge in [0.1, 0.15) is 5.82 Å². The molecule has 0 unspecified atom stereocenters. The quantitative estimate of drug-likeness (QED) is 0.318. The lowest BCUT2D eigenvalue weighted by atomic mass is 9.98. The van der Waals surface area contributed by atoms with Crippen LogP contribution < -0.4 is 4.90 Å². The number of carbonyl (C=O) groups excluding carboxylic acids is 1. The second-order valence-corrected chi connectivity index (χ2v) is 9.53. The maximum absolute atomic E-state index is 12.0. The topological polar surface area (TPSA) is 105 Å². The molecule has 2 aromatic carbocycles. The summed E-state index contributed by atoms with van der Waals surface area (Å²) in [5.41, 5.74) is 5.43. The van der Waals surface area contributed by atoms with Gasteiger partial charge in [0.2, 0.25) is 5.82 Å². The van der Waals surface area contributed by atoms with Crippen LogP contribution in [0.3, 0.4) is 0 Å². The summed E-state index contributed by atoms with van der Waals surface area (Å²) in [6.07, 6.45) is 3.12. The molecule has 0 saturated heterocycles. The molecule has 1 aliphatic heterocycles. The van der Waals surface area contributed by atoms with E-state index in [9.17, 15) is 4.79 Å². The first-order chi connectivity index (χ1) is 18.6. The van der Waals surface area contributed by atoms with Gasteiger partial charge in [-0.3, -0.25) is 9.69 Å². The van der Waals surface area contributed by atoms with E-state index in [0.717, 1.165) is 66.4 Å². The van der Waals surface area contributed by atoms with Crippen molar-refractivity contribution in [3.8, 4) is 22.5 Å². The highest BCUT2D eigenvalue weighted by molar-refractivity contribution is 5.80. The number of hydrogen-bond acceptors (Lipinski definition) is 8. The van der Waals surface area contributed by atoms with Gasteiger partial charge in [-0.05, 0) is 35.2 Å². The summed E-state index contributed by atoms with van der Waals surface area (Å²) in [5.74, 6) is 2.48. The number of aromatic nitrogens is 6. The summed E-state index contributed by atoms with van der Waals surface area (Å²) in [6.45, 7) is 7.46. The van der Waals surface area contributed by atoms with Gasteiger partial charge in [0.25, 0.3) is 0 Å². The number of carbonyl (C=O) groups is 1. The van der Waals surface area contributed by atoms with Crippen molar-refractivity contribution in [2.45, 2.75) is 46.2 Å². The van der Waals surface area contributed by atoms with Crippen molar-refractivity contribution >= 4 is 11.8 Å². The molecular weight excluding hydrogens is 480 g/mol. The second-order valence-electron chi connectivity index (χ2n) is 9.53. The fourth-order valence-electron chi connectivity index (χ4n) is 5.00. The molecule has 10 nitrogen and oxygen atoms in total. The minimum absolute atomic E-state index is 0.224. The van der Waals surface area contributed by atoms with E-state index in [0.29, 0.717) is 19.0 Å². The van der Waals surface area contributed by atoms with E-state index in [-0.39, 0.29) is 12.5 Å². The largest absolute Gasteiger partial charge is 0.468 e. The average Bonchev–Trinajstić information content (AvgIpc) is 3.61. The zero-order valence-corrected chi connectivity index (χ0v) is 22.2. The third kappa shape index (κ3) is 5.31. The lowest BCUT2D eigenvalue weighted by molar-refractivity contribution is -0.142. The van der Waals surface area contributed by atoms with Gasteiger partial charge in [0, 0.05) is 31.6 Å². The molecular formula is C28H34N8O2. The van der Waals surface area contributed by atoms with Gasteiger partial charge in [-0.15, -0.1) is 10.2 Å². The highest BCUT2D eigenvalue weighted by Crippen LogP contribution is 2.32. The summed E-state index contributed by atoms with van der Waals surface area (Å²) in [4.78, 5) is 21.5. The summed E-state index contributed by atoms with van der Waals surface area (Å²) in [6, 6.07) is 16.7. The number of rotatable bonds is 10. The Hall–Kier alpha value is -4.05. The van der Waals surface area contributed by atoms with Gasteiger partial charge in [0.15, 0.2) is 5.82 Å². The van der Waals surface area contributed by atoms with Gasteiger partial charge in [-0.1, -0.05) is 61.9 Å². The minimum Gasteiger partial charge on any atom is -0.468 e. The van der Waals surface area contributed by atoms with Crippen LogP contribution in [0, 0.1) is 0 Å². The average molecular weight is 515 g/mol. The molecule has 0 amide bonds. The number of hydrogen-bond donors (Lipinski definition) is 1. The number of benzene rings is 2. The molecule has 198 valence electrons. The maximum atomic E-state index is 12.0. The predicted octanol–water partition coefficient (Wildman–Crippen LogP) is 3.89. The first-order valence-electron chi connectivity index (χ1n) is 13.2. The Morgan fingerprint density at radius 2 is 1.87 bits per heavy atom. The van der Waals surface area contributed by atoms with Crippen LogP contribution in [0.15, 0.2) is 48.5 Å². The zero-order valence-electron chi connectivity index (χ0n) is 22.2. The van der Waals surface area contributed by atoms with E-state index in [2.05, 4.69) is 79.2 Å². The lowest BCUT2D eigenvalue weighted by Crippen LogP contribution is -2.45. The highest BCUT2D eigenvalue weighted by atomic mass is 16.5. The number of nitrogens with one attached hydrogen (secondary N) is 1. The number of nitrogens with zero attached hydrogens (tertiary/aromatic N) is 7. The van der Waals surface area contributed by atoms with Gasteiger partial charge >= 0.3 is 5.97 Å². The molecule has 0 aliphatic carbocycles. The van der Waals surface area contributed by atoms with Crippen LogP contribution in [-0.4, -0.2) is 67.9 Å². The van der Waals surface area contributed by atoms with Crippen molar-refractivity contribution in [3.05, 3.63) is 65.6 Å². The first-order valence-corrected chi connectivity index (χ1v) is 13.2. The Morgan fingerprint density at radius 3 is 2.55 bits per heavy atom. The number of aromatic amines is 1. The minimum atomic E-state index is -0.224. The Labute approximate surface area is 222 Å². The van der Waals surface area contributed by atoms with Gasteiger partial charge in [-0.25, -0.2) is 4.98 Å². The van der Waals surface area contributed by atoms with E-state index >= 15 is 0 Å². The van der Waals surface area contributed by atoms with Crippen LogP contribution >= 0.6 is 0 Å². The lowest BCUT2D eigenvalue weighted by Gasteiger charge is -2.35. The number of unbranched alkanes of at least 4 members (excludes halogenated alkanes) is 1. The van der Waals surface area contributed by atoms with Crippen LogP contribution in [0.25, 0.3) is 22.5 Å². The molecule has 1 aliphatic rings. The summed E-state index contributed by atoms with van der Waals surface area (Å²) < 4.78 is 7.29. The van der Waals surface area contributed by atoms with Crippen LogP contribution in [0.4, 0.5) is 5.82 Å². The van der Waals surface area contributed by atoms with Crippen LogP contribution in [0.1, 0.15) is 43.8 Å². The van der Waals surface area contributed by atoms with E-state index in [1.165, 1.54) is 12.7 Å². The van der Waals surface area contributed by atoms with Crippen LogP contribution in [-0.2, 0) is 29.0 Å². The second kappa shape index (κ2) is 11.6. The smallest absolute Gasteiger partial charge is 0.319 e. The summed E-state index contributed by atoms with van der Waals surface area (Å²) in [5, 5.41) is 14.6. The SMILES string of the molecule is CCCCc1nc2c(n1Cc1ccc(-c3ccccc3-c3nn[nH]n3)cc1)CN(CC(=O)OC)CN2CC. The van der Waals surface area contributed by atoms with Crippen molar-refractivity contribution in [2.24, 2.45) is 0 Å². The van der Waals surface area contributed by atoms with Crippen LogP contribution in [0.2, 0.25) is 0 Å². The molecule has 5 rings (SSSR count). The monoisotopic (exact) mass is 514 g/mol. The molecule has 3 heterocycles. The molecule has 0 saturated carbocycles. The molecule has 38 heavy (non-hydrogen) atoms. The zero-order chi connectivity index (χ0) is 26.5. The van der Waals surface area contributed by atoms with E-state index in [4.69, 9.17) is 9.72 Å². The Balaban J connectivity index is 1.45. The standard InChI is InChI=1S/C28H34N8O2/c1-4-6-11-25-29-28-24(17-34(18-26(37)38-3)19-35(28)5-2)36(25)16-20-12-14-21(15-13-20)22-9-7-8-10-23(22)27-30-32-33-31-27/h7-10,12-15H,4-6,11,16-19H2,1-3H3,(H,30,31,32,33). The molecule has 4 aromatic rings. The number of aryl methyl sites for hydroxylation is 1. The Morgan fingerprint density at radius 1 is 1.08 bits per heavy atom. The molecule has 0 atom stereocenters. The number of imidazole rings is 1. The third-order valence-electron chi connectivity index (χ3n) is 7.01. The number of anilines is 1. The molecule has 0 bridgehead atoms. The van der Waals surface area contributed by atoms with E-state index < -0.39 is 0 Å². The highest BCUT2D eigenvalue weighted by Gasteiger charge is 2.29. The third-order valence-corrected chi connectivity index (χ3v) is 7.01. The van der Waals surface area contributed by atoms with E-state index in [1.807, 2.05) is 18.2 Å². The molecule has 0 fully saturated rings. The predicted molar refractivity (Wildman–Crippen MR) is 145 cm³/mol. The van der Waals surface area contributed by atoms with Gasteiger partial charge in [0.05, 0.1) is 26.0 Å². The number of fused-ring (bicyclic) bond motifs is 1. The van der Waals surface area contributed by atoms with Crippen molar-refractivity contribution in [1.82, 2.24) is 35.1 Å². The summed E-state index contributed by atoms with van der Waals surface area (Å²) >= 11 is 0. The van der Waals surface area contributed by atoms with Crippen molar-refractivity contribution in [1.29, 1.82) is 0 Å². The first kappa shape index (κ1) is 25.6. The maximum Gasteiger partial charge on any atom is 0.319 e. The molecule has 2 aromatic heterocycles. The number of tetrazole rings is 1. The van der Waals surface area contributed by atoms with Crippen molar-refractivity contribution < 1.29 is 9.53 Å². The number of H-pyrrole nitrogens is 1. The molecule has 0 radical (unpaired) electrons. The van der Waals surface area contributed by atoms with Crippen LogP contribution in [0.5, 0.6) is 0 Å². The number of methoxy groups -OCH3 is 1. The Kier molecular flexibility index (Phi) is 7.78. The number of esters is 1. The normalized spacial score (nSPS) is 13.5.